The number of nitrogens with zero attached hydrogens (tertiary/aromatic N) is 1. The van der Waals surface area contributed by atoms with Crippen LogP contribution in [0, 0.1) is 5.82 Å². The summed E-state index contributed by atoms with van der Waals surface area (Å²) in [6.45, 7) is 0.769. The molecule has 0 saturated heterocycles. The van der Waals surface area contributed by atoms with Gasteiger partial charge in [0, 0.05) is 19.6 Å². The maximum Gasteiger partial charge on any atom is 0.224 e. The van der Waals surface area contributed by atoms with Gasteiger partial charge in [0.2, 0.25) is 15.9 Å². The molecule has 0 unspecified atom stereocenters. The highest BCUT2D eigenvalue weighted by molar-refractivity contribution is 7.89. The maximum atomic E-state index is 12.9. The fourth-order valence-electron chi connectivity index (χ4n) is 3.17. The number of methoxy groups -OCH3 is 1. The summed E-state index contributed by atoms with van der Waals surface area (Å²) in [5, 5.41) is 2.62. The molecule has 1 aliphatic rings. The van der Waals surface area contributed by atoms with E-state index in [-0.39, 0.29) is 30.4 Å². The second-order valence-electron chi connectivity index (χ2n) is 6.69. The van der Waals surface area contributed by atoms with Gasteiger partial charge < -0.3 is 10.1 Å². The molecule has 0 saturated carbocycles. The van der Waals surface area contributed by atoms with E-state index < -0.39 is 10.0 Å². The first kappa shape index (κ1) is 20.3. The normalized spacial score (nSPS) is 14.4. The summed E-state index contributed by atoms with van der Waals surface area (Å²) in [7, 11) is -1.88. The van der Waals surface area contributed by atoms with Gasteiger partial charge in [-0.25, -0.2) is 12.8 Å². The first-order valence-electron chi connectivity index (χ1n) is 9.02. The Balaban J connectivity index is 1.51. The first-order valence-corrected chi connectivity index (χ1v) is 10.6. The third kappa shape index (κ3) is 5.08. The number of carbonyl (C=O) groups is 1. The summed E-state index contributed by atoms with van der Waals surface area (Å²) in [5.74, 6) is -0.0539. The lowest BCUT2D eigenvalue weighted by Crippen LogP contribution is -2.40. The van der Waals surface area contributed by atoms with Crippen molar-refractivity contribution in [3.05, 3.63) is 65.0 Å². The van der Waals surface area contributed by atoms with Gasteiger partial charge >= 0.3 is 0 Å². The molecule has 1 amide bonds. The summed E-state index contributed by atoms with van der Waals surface area (Å²) in [6.07, 6.45) is 0.710. The average Bonchev–Trinajstić information content (AvgIpc) is 2.68. The van der Waals surface area contributed by atoms with Gasteiger partial charge in [0.1, 0.15) is 11.6 Å². The van der Waals surface area contributed by atoms with Gasteiger partial charge in [-0.1, -0.05) is 18.2 Å². The fourth-order valence-corrected chi connectivity index (χ4v) is 4.49. The molecule has 0 spiro atoms. The fraction of sp³-hybridized carbons (Fsp3) is 0.350. The summed E-state index contributed by atoms with van der Waals surface area (Å²) >= 11 is 0. The largest absolute Gasteiger partial charge is 0.497 e. The Bertz CT molecular complexity index is 945. The minimum Gasteiger partial charge on any atom is -0.497 e. The van der Waals surface area contributed by atoms with Crippen LogP contribution in [-0.4, -0.2) is 44.6 Å². The van der Waals surface area contributed by atoms with Gasteiger partial charge in [-0.2, -0.15) is 4.31 Å². The van der Waals surface area contributed by atoms with Gasteiger partial charge in [0.25, 0.3) is 0 Å². The van der Waals surface area contributed by atoms with E-state index in [9.17, 15) is 17.6 Å². The van der Waals surface area contributed by atoms with Crippen LogP contribution < -0.4 is 10.1 Å². The van der Waals surface area contributed by atoms with Crippen molar-refractivity contribution in [2.45, 2.75) is 19.4 Å². The molecule has 0 atom stereocenters. The first-order chi connectivity index (χ1) is 13.4. The number of hydrogen-bond acceptors (Lipinski definition) is 4. The van der Waals surface area contributed by atoms with Crippen LogP contribution in [0.2, 0.25) is 0 Å². The van der Waals surface area contributed by atoms with Gasteiger partial charge in [0.15, 0.2) is 0 Å². The Morgan fingerprint density at radius 3 is 2.64 bits per heavy atom. The molecule has 0 aromatic heterocycles. The Morgan fingerprint density at radius 1 is 1.18 bits per heavy atom. The number of benzene rings is 2. The van der Waals surface area contributed by atoms with Gasteiger partial charge in [-0.3, -0.25) is 4.79 Å². The van der Waals surface area contributed by atoms with Gasteiger partial charge in [-0.05, 0) is 47.4 Å². The smallest absolute Gasteiger partial charge is 0.224 e. The molecule has 1 heterocycles. The summed E-state index contributed by atoms with van der Waals surface area (Å²) in [6, 6.07) is 11.3. The molecular weight excluding hydrogens is 383 g/mol. The Labute approximate surface area is 164 Å². The molecule has 150 valence electrons. The molecule has 28 heavy (non-hydrogen) atoms. The van der Waals surface area contributed by atoms with E-state index in [2.05, 4.69) is 5.32 Å². The van der Waals surface area contributed by atoms with Crippen LogP contribution in [0.5, 0.6) is 5.75 Å². The van der Waals surface area contributed by atoms with E-state index in [1.807, 2.05) is 18.2 Å². The molecule has 3 rings (SSSR count). The molecule has 1 N–H and O–H groups in total. The number of amides is 1. The third-order valence-electron chi connectivity index (χ3n) is 4.74. The van der Waals surface area contributed by atoms with Crippen molar-refractivity contribution in [1.29, 1.82) is 0 Å². The second kappa shape index (κ2) is 8.70. The molecule has 2 aromatic rings. The lowest BCUT2D eigenvalue weighted by molar-refractivity contribution is -0.120. The zero-order valence-corrected chi connectivity index (χ0v) is 16.5. The molecule has 8 heteroatoms. The maximum absolute atomic E-state index is 12.9. The predicted molar refractivity (Wildman–Crippen MR) is 104 cm³/mol. The van der Waals surface area contributed by atoms with E-state index in [4.69, 9.17) is 4.74 Å². The van der Waals surface area contributed by atoms with Crippen molar-refractivity contribution in [1.82, 2.24) is 9.62 Å². The van der Waals surface area contributed by atoms with E-state index in [0.29, 0.717) is 25.1 Å². The topological polar surface area (TPSA) is 75.7 Å². The number of ether oxygens (including phenoxy) is 1. The molecule has 0 fully saturated rings. The quantitative estimate of drug-likeness (QED) is 0.762. The predicted octanol–water partition coefficient (Wildman–Crippen LogP) is 1.88. The molecule has 0 bridgehead atoms. The minimum atomic E-state index is -3.48. The van der Waals surface area contributed by atoms with Gasteiger partial charge in [-0.15, -0.1) is 0 Å². The van der Waals surface area contributed by atoms with Crippen LogP contribution in [-0.2, 0) is 34.2 Å². The SMILES string of the molecule is COc1ccc2c(c1)CCN(S(=O)(=O)CCNC(=O)Cc1ccc(F)cc1)C2. The zero-order valence-electron chi connectivity index (χ0n) is 15.7. The number of carbonyl (C=O) groups excluding carboxylic acids is 1. The van der Waals surface area contributed by atoms with Crippen LogP contribution in [0.15, 0.2) is 42.5 Å². The summed E-state index contributed by atoms with van der Waals surface area (Å²) in [5.41, 5.74) is 2.74. The highest BCUT2D eigenvalue weighted by atomic mass is 32.2. The lowest BCUT2D eigenvalue weighted by Gasteiger charge is -2.28. The van der Waals surface area contributed by atoms with Crippen molar-refractivity contribution in [3.63, 3.8) is 0 Å². The van der Waals surface area contributed by atoms with Crippen LogP contribution in [0.25, 0.3) is 0 Å². The molecule has 6 nitrogen and oxygen atoms in total. The Morgan fingerprint density at radius 2 is 1.93 bits per heavy atom. The Hall–Kier alpha value is -2.45. The monoisotopic (exact) mass is 406 g/mol. The standard InChI is InChI=1S/C20H23FN2O4S/c1-27-19-7-4-17-14-23(10-8-16(17)13-19)28(25,26)11-9-22-20(24)12-15-2-5-18(21)6-3-15/h2-7,13H,8-12,14H2,1H3,(H,22,24). The highest BCUT2D eigenvalue weighted by Crippen LogP contribution is 2.25. The van der Waals surface area contributed by atoms with Crippen molar-refractivity contribution < 1.29 is 22.3 Å². The average molecular weight is 406 g/mol. The second-order valence-corrected chi connectivity index (χ2v) is 8.78. The Kier molecular flexibility index (Phi) is 6.31. The van der Waals surface area contributed by atoms with E-state index in [0.717, 1.165) is 16.9 Å². The number of halogens is 1. The van der Waals surface area contributed by atoms with Crippen molar-refractivity contribution in [3.8, 4) is 5.75 Å². The van der Waals surface area contributed by atoms with Crippen molar-refractivity contribution in [2.75, 3.05) is 26.0 Å². The van der Waals surface area contributed by atoms with Crippen LogP contribution in [0.4, 0.5) is 4.39 Å². The third-order valence-corrected chi connectivity index (χ3v) is 6.56. The number of fused-ring (bicyclic) bond motifs is 1. The number of hydrogen-bond donors (Lipinski definition) is 1. The lowest BCUT2D eigenvalue weighted by atomic mass is 10.0. The molecule has 1 aliphatic heterocycles. The highest BCUT2D eigenvalue weighted by Gasteiger charge is 2.26. The molecular formula is C20H23FN2O4S. The zero-order chi connectivity index (χ0) is 20.1. The van der Waals surface area contributed by atoms with E-state index in [1.54, 1.807) is 7.11 Å². The number of sulfonamides is 1. The molecule has 2 aromatic carbocycles. The minimum absolute atomic E-state index is 0.0360. The molecule has 0 radical (unpaired) electrons. The van der Waals surface area contributed by atoms with Crippen LogP contribution in [0.3, 0.4) is 0 Å². The molecule has 0 aliphatic carbocycles. The number of rotatable bonds is 7. The van der Waals surface area contributed by atoms with E-state index in [1.165, 1.54) is 28.6 Å². The summed E-state index contributed by atoms with van der Waals surface area (Å²) < 4.78 is 44.8. The van der Waals surface area contributed by atoms with E-state index >= 15 is 0 Å². The van der Waals surface area contributed by atoms with Gasteiger partial charge in [0.05, 0.1) is 19.3 Å². The van der Waals surface area contributed by atoms with Crippen molar-refractivity contribution in [2.24, 2.45) is 0 Å². The summed E-state index contributed by atoms with van der Waals surface area (Å²) in [4.78, 5) is 12.0. The van der Waals surface area contributed by atoms with Crippen LogP contribution in [0.1, 0.15) is 16.7 Å². The van der Waals surface area contributed by atoms with Crippen LogP contribution >= 0.6 is 0 Å². The van der Waals surface area contributed by atoms with Crippen molar-refractivity contribution >= 4 is 15.9 Å². The number of nitrogens with one attached hydrogen (secondary N) is 1.